The smallest absolute Gasteiger partial charge is 0.164 e. The Morgan fingerprint density at radius 2 is 2.20 bits per heavy atom. The molecule has 0 aliphatic heterocycles. The summed E-state index contributed by atoms with van der Waals surface area (Å²) >= 11 is 0. The van der Waals surface area contributed by atoms with Gasteiger partial charge in [-0.3, -0.25) is 9.59 Å². The predicted molar refractivity (Wildman–Crippen MR) is 54.5 cm³/mol. The van der Waals surface area contributed by atoms with Gasteiger partial charge >= 0.3 is 0 Å². The SMILES string of the molecule is Cc1cc(C=O)c(C(=O)CCN)cc1F. The van der Waals surface area contributed by atoms with Gasteiger partial charge in [-0.1, -0.05) is 0 Å². The molecular weight excluding hydrogens is 197 g/mol. The topological polar surface area (TPSA) is 60.2 Å². The molecule has 0 heterocycles. The van der Waals surface area contributed by atoms with E-state index in [0.29, 0.717) is 11.8 Å². The van der Waals surface area contributed by atoms with Gasteiger partial charge in [0.25, 0.3) is 0 Å². The minimum Gasteiger partial charge on any atom is -0.330 e. The number of benzene rings is 1. The van der Waals surface area contributed by atoms with Crippen LogP contribution in [-0.4, -0.2) is 18.6 Å². The van der Waals surface area contributed by atoms with Crippen molar-refractivity contribution in [1.82, 2.24) is 0 Å². The number of aryl methyl sites for hydroxylation is 1. The van der Waals surface area contributed by atoms with Crippen molar-refractivity contribution in [2.45, 2.75) is 13.3 Å². The molecule has 0 saturated carbocycles. The van der Waals surface area contributed by atoms with E-state index in [1.54, 1.807) is 6.92 Å². The van der Waals surface area contributed by atoms with Crippen LogP contribution in [0.5, 0.6) is 0 Å². The Morgan fingerprint density at radius 3 is 2.73 bits per heavy atom. The van der Waals surface area contributed by atoms with Gasteiger partial charge in [0.2, 0.25) is 0 Å². The fraction of sp³-hybridized carbons (Fsp3) is 0.273. The van der Waals surface area contributed by atoms with Crippen molar-refractivity contribution < 1.29 is 14.0 Å². The minimum atomic E-state index is -0.485. The van der Waals surface area contributed by atoms with Crippen LogP contribution in [0.15, 0.2) is 12.1 Å². The maximum atomic E-state index is 13.2. The first-order valence-corrected chi connectivity index (χ1v) is 4.58. The monoisotopic (exact) mass is 209 g/mol. The number of rotatable bonds is 4. The van der Waals surface area contributed by atoms with E-state index in [2.05, 4.69) is 0 Å². The summed E-state index contributed by atoms with van der Waals surface area (Å²) in [6.07, 6.45) is 0.666. The molecule has 1 aromatic rings. The van der Waals surface area contributed by atoms with Gasteiger partial charge in [-0.25, -0.2) is 4.39 Å². The average Bonchev–Trinajstić information content (AvgIpc) is 2.21. The van der Waals surface area contributed by atoms with E-state index in [1.807, 2.05) is 0 Å². The molecule has 0 saturated heterocycles. The van der Waals surface area contributed by atoms with Gasteiger partial charge in [0, 0.05) is 17.5 Å². The molecule has 0 bridgehead atoms. The van der Waals surface area contributed by atoms with Crippen molar-refractivity contribution in [3.63, 3.8) is 0 Å². The van der Waals surface area contributed by atoms with E-state index in [4.69, 9.17) is 5.73 Å². The molecule has 0 aliphatic rings. The molecule has 0 atom stereocenters. The summed E-state index contributed by atoms with van der Waals surface area (Å²) in [4.78, 5) is 22.2. The van der Waals surface area contributed by atoms with E-state index in [-0.39, 0.29) is 29.9 Å². The van der Waals surface area contributed by atoms with Crippen LogP contribution < -0.4 is 5.73 Å². The Balaban J connectivity index is 3.21. The van der Waals surface area contributed by atoms with E-state index < -0.39 is 5.82 Å². The van der Waals surface area contributed by atoms with Crippen molar-refractivity contribution in [2.75, 3.05) is 6.54 Å². The van der Waals surface area contributed by atoms with Gasteiger partial charge < -0.3 is 5.73 Å². The number of hydrogen-bond acceptors (Lipinski definition) is 3. The third-order valence-corrected chi connectivity index (χ3v) is 2.13. The average molecular weight is 209 g/mol. The Kier molecular flexibility index (Phi) is 3.68. The number of carbonyl (C=O) groups excluding carboxylic acids is 2. The lowest BCUT2D eigenvalue weighted by Gasteiger charge is -2.05. The van der Waals surface area contributed by atoms with Crippen LogP contribution in [0.2, 0.25) is 0 Å². The quantitative estimate of drug-likeness (QED) is 0.603. The summed E-state index contributed by atoms with van der Waals surface area (Å²) in [6.45, 7) is 1.73. The highest BCUT2D eigenvalue weighted by Gasteiger charge is 2.13. The zero-order chi connectivity index (χ0) is 11.4. The van der Waals surface area contributed by atoms with Crippen LogP contribution in [0, 0.1) is 12.7 Å². The normalized spacial score (nSPS) is 10.1. The first kappa shape index (κ1) is 11.5. The van der Waals surface area contributed by atoms with Crippen LogP contribution in [0.25, 0.3) is 0 Å². The van der Waals surface area contributed by atoms with Crippen LogP contribution in [0.1, 0.15) is 32.7 Å². The number of Topliss-reactive ketones (excluding diaryl/α,β-unsaturated/α-hetero) is 1. The van der Waals surface area contributed by atoms with Crippen LogP contribution in [0.3, 0.4) is 0 Å². The van der Waals surface area contributed by atoms with E-state index in [0.717, 1.165) is 6.07 Å². The van der Waals surface area contributed by atoms with Crippen molar-refractivity contribution in [2.24, 2.45) is 5.73 Å². The Hall–Kier alpha value is -1.55. The first-order chi connectivity index (χ1) is 7.10. The highest BCUT2D eigenvalue weighted by molar-refractivity contribution is 6.02. The van der Waals surface area contributed by atoms with Gasteiger partial charge in [0.05, 0.1) is 0 Å². The molecule has 0 amide bonds. The summed E-state index contributed by atoms with van der Waals surface area (Å²) in [6, 6.07) is 2.46. The molecule has 80 valence electrons. The zero-order valence-corrected chi connectivity index (χ0v) is 8.42. The fourth-order valence-corrected chi connectivity index (χ4v) is 1.31. The number of ketones is 1. The summed E-state index contributed by atoms with van der Waals surface area (Å²) in [5.74, 6) is -0.792. The van der Waals surface area contributed by atoms with E-state index in [1.165, 1.54) is 6.07 Å². The molecule has 3 nitrogen and oxygen atoms in total. The lowest BCUT2D eigenvalue weighted by Crippen LogP contribution is -2.11. The third-order valence-electron chi connectivity index (χ3n) is 2.13. The summed E-state index contributed by atoms with van der Waals surface area (Å²) in [5, 5.41) is 0. The molecule has 0 spiro atoms. The van der Waals surface area contributed by atoms with Crippen molar-refractivity contribution >= 4 is 12.1 Å². The Labute approximate surface area is 87.1 Å². The maximum absolute atomic E-state index is 13.2. The summed E-state index contributed by atoms with van der Waals surface area (Å²) in [5.41, 5.74) is 5.90. The van der Waals surface area contributed by atoms with Gasteiger partial charge in [-0.2, -0.15) is 0 Å². The summed E-state index contributed by atoms with van der Waals surface area (Å²) in [7, 11) is 0. The van der Waals surface area contributed by atoms with E-state index >= 15 is 0 Å². The lowest BCUT2D eigenvalue weighted by molar-refractivity contribution is 0.0978. The fourth-order valence-electron chi connectivity index (χ4n) is 1.31. The van der Waals surface area contributed by atoms with Gasteiger partial charge in [-0.05, 0) is 31.2 Å². The zero-order valence-electron chi connectivity index (χ0n) is 8.42. The van der Waals surface area contributed by atoms with Gasteiger partial charge in [0.1, 0.15) is 5.82 Å². The standard InChI is InChI=1S/C11H12FNO2/c1-7-4-8(6-14)9(5-10(7)12)11(15)2-3-13/h4-6H,2-3,13H2,1H3. The Morgan fingerprint density at radius 1 is 1.53 bits per heavy atom. The molecule has 1 aromatic carbocycles. The molecule has 15 heavy (non-hydrogen) atoms. The van der Waals surface area contributed by atoms with E-state index in [9.17, 15) is 14.0 Å². The number of carbonyl (C=O) groups is 2. The second-order valence-corrected chi connectivity index (χ2v) is 3.27. The Bertz CT molecular complexity index is 402. The molecular formula is C11H12FNO2. The second kappa shape index (κ2) is 4.79. The molecule has 4 heteroatoms. The lowest BCUT2D eigenvalue weighted by atomic mass is 10.00. The summed E-state index contributed by atoms with van der Waals surface area (Å²) < 4.78 is 13.2. The highest BCUT2D eigenvalue weighted by atomic mass is 19.1. The number of aldehydes is 1. The number of nitrogens with two attached hydrogens (primary N) is 1. The molecule has 0 fully saturated rings. The van der Waals surface area contributed by atoms with Crippen molar-refractivity contribution in [3.8, 4) is 0 Å². The van der Waals surface area contributed by atoms with Gasteiger partial charge in [-0.15, -0.1) is 0 Å². The number of hydrogen-bond donors (Lipinski definition) is 1. The highest BCUT2D eigenvalue weighted by Crippen LogP contribution is 2.15. The molecule has 1 rings (SSSR count). The van der Waals surface area contributed by atoms with Gasteiger partial charge in [0.15, 0.2) is 12.1 Å². The molecule has 2 N–H and O–H groups in total. The number of halogens is 1. The predicted octanol–water partition coefficient (Wildman–Crippen LogP) is 1.48. The molecule has 0 aliphatic carbocycles. The molecule has 0 unspecified atom stereocenters. The van der Waals surface area contributed by atoms with Crippen molar-refractivity contribution in [1.29, 1.82) is 0 Å². The van der Waals surface area contributed by atoms with Crippen LogP contribution in [0.4, 0.5) is 4.39 Å². The van der Waals surface area contributed by atoms with Crippen LogP contribution in [-0.2, 0) is 0 Å². The first-order valence-electron chi connectivity index (χ1n) is 4.58. The van der Waals surface area contributed by atoms with Crippen LogP contribution >= 0.6 is 0 Å². The van der Waals surface area contributed by atoms with Crippen molar-refractivity contribution in [3.05, 3.63) is 34.6 Å². The maximum Gasteiger partial charge on any atom is 0.164 e. The largest absolute Gasteiger partial charge is 0.330 e. The third kappa shape index (κ3) is 2.47. The molecule has 0 aromatic heterocycles. The second-order valence-electron chi connectivity index (χ2n) is 3.27. The molecule has 0 radical (unpaired) electrons. The minimum absolute atomic E-state index is 0.110.